The van der Waals surface area contributed by atoms with Crippen molar-refractivity contribution in [1.29, 1.82) is 0 Å². The van der Waals surface area contributed by atoms with Gasteiger partial charge in [0.15, 0.2) is 0 Å². The zero-order chi connectivity index (χ0) is 25.4. The van der Waals surface area contributed by atoms with Crippen molar-refractivity contribution in [2.75, 3.05) is 45.6 Å². The minimum atomic E-state index is -2.66. The van der Waals surface area contributed by atoms with Crippen LogP contribution in [0.4, 0.5) is 14.5 Å². The minimum absolute atomic E-state index is 0.0843. The monoisotopic (exact) mass is 489 g/mol. The van der Waals surface area contributed by atoms with Crippen molar-refractivity contribution >= 4 is 17.5 Å². The number of rotatable bonds is 10. The van der Waals surface area contributed by atoms with Crippen molar-refractivity contribution in [3.05, 3.63) is 46.3 Å². The molecule has 0 saturated carbocycles. The first-order chi connectivity index (χ1) is 16.9. The van der Waals surface area contributed by atoms with Crippen LogP contribution < -0.4 is 27.4 Å². The van der Waals surface area contributed by atoms with E-state index in [4.69, 9.17) is 11.5 Å². The number of hydrogen-bond donors (Lipinski definition) is 5. The van der Waals surface area contributed by atoms with Crippen LogP contribution in [0.2, 0.25) is 0 Å². The van der Waals surface area contributed by atoms with E-state index >= 15 is 0 Å². The zero-order valence-corrected chi connectivity index (χ0v) is 21.2. The van der Waals surface area contributed by atoms with E-state index in [0.29, 0.717) is 22.9 Å². The molecule has 1 unspecified atom stereocenters. The van der Waals surface area contributed by atoms with E-state index in [1.165, 1.54) is 24.2 Å². The van der Waals surface area contributed by atoms with Gasteiger partial charge in [0.2, 0.25) is 0 Å². The second-order valence-electron chi connectivity index (χ2n) is 9.44. The summed E-state index contributed by atoms with van der Waals surface area (Å²) in [5.41, 5.74) is 17.1. The van der Waals surface area contributed by atoms with Crippen LogP contribution in [0.25, 0.3) is 5.57 Å². The average Bonchev–Trinajstić information content (AvgIpc) is 2.85. The van der Waals surface area contributed by atoms with Crippen LogP contribution in [-0.2, 0) is 6.42 Å². The van der Waals surface area contributed by atoms with Crippen LogP contribution >= 0.6 is 0 Å². The summed E-state index contributed by atoms with van der Waals surface area (Å²) in [6.07, 6.45) is 4.34. The topological polar surface area (TPSA) is 104 Å². The molecule has 0 spiro atoms. The summed E-state index contributed by atoms with van der Waals surface area (Å²) in [6.45, 7) is 5.78. The highest BCUT2D eigenvalue weighted by atomic mass is 19.3. The molecule has 9 heteroatoms. The second kappa shape index (κ2) is 13.0. The predicted molar refractivity (Wildman–Crippen MR) is 142 cm³/mol. The van der Waals surface area contributed by atoms with Gasteiger partial charge in [-0.25, -0.2) is 8.78 Å². The molecule has 0 amide bonds. The van der Waals surface area contributed by atoms with Crippen molar-refractivity contribution in [2.24, 2.45) is 16.5 Å². The van der Waals surface area contributed by atoms with Gasteiger partial charge in [0, 0.05) is 61.1 Å². The quantitative estimate of drug-likeness (QED) is 0.255. The Bertz CT molecular complexity index is 936. The number of benzene rings is 1. The van der Waals surface area contributed by atoms with Crippen LogP contribution in [0.15, 0.2) is 34.6 Å². The fourth-order valence-electron chi connectivity index (χ4n) is 4.89. The Morgan fingerprint density at radius 3 is 2.69 bits per heavy atom. The van der Waals surface area contributed by atoms with Gasteiger partial charge in [-0.05, 0) is 74.7 Å². The Morgan fingerprint density at radius 1 is 1.31 bits per heavy atom. The van der Waals surface area contributed by atoms with Crippen LogP contribution in [0.3, 0.4) is 0 Å². The molecule has 0 aliphatic carbocycles. The maximum Gasteiger partial charge on any atom is 0.264 e. The highest BCUT2D eigenvalue weighted by Gasteiger charge is 2.25. The Hall–Kier alpha value is -2.49. The van der Waals surface area contributed by atoms with Gasteiger partial charge in [-0.2, -0.15) is 0 Å². The number of aryl methyl sites for hydroxylation is 1. The van der Waals surface area contributed by atoms with Crippen molar-refractivity contribution in [2.45, 2.75) is 57.7 Å². The van der Waals surface area contributed by atoms with Gasteiger partial charge >= 0.3 is 0 Å². The van der Waals surface area contributed by atoms with E-state index in [9.17, 15) is 8.78 Å². The maximum absolute atomic E-state index is 14.1. The Balaban J connectivity index is 1.95. The minimum Gasteiger partial charge on any atom is -0.404 e. The molecular weight excluding hydrogens is 448 g/mol. The van der Waals surface area contributed by atoms with Gasteiger partial charge in [0.25, 0.3) is 6.43 Å². The lowest BCUT2D eigenvalue weighted by Gasteiger charge is -2.35. The number of hydrogen-bond acceptors (Lipinski definition) is 7. The highest BCUT2D eigenvalue weighted by molar-refractivity contribution is 6.10. The van der Waals surface area contributed by atoms with Crippen molar-refractivity contribution in [3.63, 3.8) is 0 Å². The third-order valence-corrected chi connectivity index (χ3v) is 6.76. The first-order valence-corrected chi connectivity index (χ1v) is 12.6. The van der Waals surface area contributed by atoms with Crippen LogP contribution in [0, 0.1) is 0 Å². The highest BCUT2D eigenvalue weighted by Crippen LogP contribution is 2.34. The lowest BCUT2D eigenvalue weighted by atomic mass is 9.94. The molecule has 1 fully saturated rings. The number of anilines is 1. The van der Waals surface area contributed by atoms with Crippen molar-refractivity contribution in [3.8, 4) is 0 Å². The third-order valence-electron chi connectivity index (χ3n) is 6.76. The van der Waals surface area contributed by atoms with Gasteiger partial charge in [0.05, 0.1) is 6.17 Å². The molecule has 2 aliphatic rings. The number of alkyl halides is 2. The standard InChI is InChI=1S/C26H41F2N7/c1-4-5-17-12-20(18(14-29)15-31-2)21(25(27)28)13-24(17)34-26(30)22-16-35(3)11-8-23(22)33-19-6-9-32-10-7-19/h12-15,19,25-26,32-34H,4-11,16,29-30H2,1-3H3/b18-14+,31-15?. The molecule has 7 nitrogen and oxygen atoms in total. The largest absolute Gasteiger partial charge is 0.404 e. The number of piperidine rings is 1. The average molecular weight is 490 g/mol. The summed E-state index contributed by atoms with van der Waals surface area (Å²) in [6, 6.07) is 3.76. The maximum atomic E-state index is 14.1. The summed E-state index contributed by atoms with van der Waals surface area (Å²) in [4.78, 5) is 6.22. The number of aliphatic imine (C=N–C) groups is 1. The van der Waals surface area contributed by atoms with E-state index < -0.39 is 12.6 Å². The molecule has 35 heavy (non-hydrogen) atoms. The van der Waals surface area contributed by atoms with E-state index in [1.807, 2.05) is 0 Å². The first kappa shape index (κ1) is 27.1. The fraction of sp³-hybridized carbons (Fsp3) is 0.577. The predicted octanol–water partition coefficient (Wildman–Crippen LogP) is 3.20. The molecule has 0 radical (unpaired) electrons. The smallest absolute Gasteiger partial charge is 0.264 e. The molecule has 194 valence electrons. The number of likely N-dealkylation sites (N-methyl/N-ethyl adjacent to an activating group) is 1. The molecule has 1 aromatic rings. The molecule has 2 heterocycles. The van der Waals surface area contributed by atoms with Crippen LogP contribution in [0.1, 0.15) is 55.7 Å². The van der Waals surface area contributed by atoms with Gasteiger partial charge in [0.1, 0.15) is 0 Å². The number of nitrogens with two attached hydrogens (primary N) is 2. The van der Waals surface area contributed by atoms with Gasteiger partial charge in [-0.1, -0.05) is 13.3 Å². The van der Waals surface area contributed by atoms with Crippen LogP contribution in [-0.4, -0.2) is 63.6 Å². The van der Waals surface area contributed by atoms with E-state index in [2.05, 4.69) is 39.8 Å². The molecule has 7 N–H and O–H groups in total. The van der Waals surface area contributed by atoms with E-state index in [0.717, 1.165) is 69.4 Å². The molecule has 3 rings (SSSR count). The summed E-state index contributed by atoms with van der Waals surface area (Å²) >= 11 is 0. The second-order valence-corrected chi connectivity index (χ2v) is 9.44. The van der Waals surface area contributed by atoms with Gasteiger partial charge in [-0.3, -0.25) is 4.99 Å². The molecule has 1 aromatic carbocycles. The van der Waals surface area contributed by atoms with Gasteiger partial charge < -0.3 is 32.3 Å². The van der Waals surface area contributed by atoms with Crippen LogP contribution in [0.5, 0.6) is 0 Å². The summed E-state index contributed by atoms with van der Waals surface area (Å²) in [5, 5.41) is 10.5. The lowest BCUT2D eigenvalue weighted by Crippen LogP contribution is -2.46. The normalized spacial score (nSPS) is 19.6. The fourth-order valence-corrected chi connectivity index (χ4v) is 4.89. The summed E-state index contributed by atoms with van der Waals surface area (Å²) in [5.74, 6) is 0. The third kappa shape index (κ3) is 7.02. The Morgan fingerprint density at radius 2 is 2.06 bits per heavy atom. The number of halogens is 2. The van der Waals surface area contributed by atoms with E-state index in [1.54, 1.807) is 13.1 Å². The van der Waals surface area contributed by atoms with Gasteiger partial charge in [-0.15, -0.1) is 0 Å². The Kier molecular flexibility index (Phi) is 10.1. The van der Waals surface area contributed by atoms with Crippen molar-refractivity contribution < 1.29 is 8.78 Å². The molecular formula is C26H41F2N7. The molecule has 2 aliphatic heterocycles. The number of allylic oxidation sites excluding steroid dienone is 1. The SMILES string of the molecule is CCCc1cc(/C(C=NC)=C/N)c(C(F)F)cc1NC(N)C1=C(NC2CCNCC2)CCN(C)C1. The van der Waals surface area contributed by atoms with E-state index in [-0.39, 0.29) is 5.56 Å². The number of nitrogens with zero attached hydrogens (tertiary/aromatic N) is 2. The summed E-state index contributed by atoms with van der Waals surface area (Å²) < 4.78 is 28.3. The molecule has 1 atom stereocenters. The summed E-state index contributed by atoms with van der Waals surface area (Å²) in [7, 11) is 3.67. The number of nitrogens with one attached hydrogen (secondary N) is 3. The zero-order valence-electron chi connectivity index (χ0n) is 21.2. The molecule has 1 saturated heterocycles. The lowest BCUT2D eigenvalue weighted by molar-refractivity contribution is 0.151. The molecule has 0 aromatic heterocycles. The van der Waals surface area contributed by atoms with Crippen molar-refractivity contribution in [1.82, 2.24) is 15.5 Å². The Labute approximate surface area is 208 Å². The molecule has 0 bridgehead atoms. The first-order valence-electron chi connectivity index (χ1n) is 12.6.